The quantitative estimate of drug-likeness (QED) is 0.278. The number of rotatable bonds is 6. The number of benzene rings is 2. The maximum atomic E-state index is 13.0. The molecule has 3 aromatic rings. The summed E-state index contributed by atoms with van der Waals surface area (Å²) in [6, 6.07) is 11.1. The molecule has 2 heterocycles. The van der Waals surface area contributed by atoms with Crippen LogP contribution >= 0.6 is 27.7 Å². The Kier molecular flexibility index (Phi) is 5.83. The molecule has 1 aromatic heterocycles. The molecule has 0 bridgehead atoms. The SMILES string of the molecule is C=CCSc1n[n+]2c(c(=O)[nH]1)-c1ccccc1N[C@@H]2c1cc(Br)c(O)c(OCC)c1. The minimum atomic E-state index is -0.476. The highest BCUT2D eigenvalue weighted by Crippen LogP contribution is 2.39. The normalized spacial score (nSPS) is 14.4. The van der Waals surface area contributed by atoms with Gasteiger partial charge in [0.05, 0.1) is 22.3 Å². The molecule has 154 valence electrons. The summed E-state index contributed by atoms with van der Waals surface area (Å²) < 4.78 is 7.77. The van der Waals surface area contributed by atoms with E-state index >= 15 is 0 Å². The highest BCUT2D eigenvalue weighted by atomic mass is 79.9. The minimum Gasteiger partial charge on any atom is -0.503 e. The number of nitrogens with one attached hydrogen (secondary N) is 2. The lowest BCUT2D eigenvalue weighted by Gasteiger charge is -2.23. The van der Waals surface area contributed by atoms with Crippen LogP contribution in [0.2, 0.25) is 0 Å². The van der Waals surface area contributed by atoms with Crippen LogP contribution in [0.1, 0.15) is 18.7 Å². The van der Waals surface area contributed by atoms with Crippen molar-refractivity contribution >= 4 is 33.4 Å². The minimum absolute atomic E-state index is 0.0307. The van der Waals surface area contributed by atoms with Crippen molar-refractivity contribution in [1.82, 2.24) is 10.1 Å². The molecule has 3 N–H and O–H groups in total. The number of fused-ring (bicyclic) bond motifs is 3. The van der Waals surface area contributed by atoms with Crippen LogP contribution < -0.4 is 20.3 Å². The van der Waals surface area contributed by atoms with Crippen LogP contribution in [-0.4, -0.2) is 27.5 Å². The second kappa shape index (κ2) is 8.53. The number of H-pyrrole nitrogens is 1. The Balaban J connectivity index is 1.92. The number of aromatic amines is 1. The number of halogens is 1. The fourth-order valence-corrected chi connectivity index (χ4v) is 4.38. The maximum absolute atomic E-state index is 13.0. The van der Waals surface area contributed by atoms with E-state index in [0.29, 0.717) is 33.4 Å². The number of aromatic hydroxyl groups is 1. The molecule has 30 heavy (non-hydrogen) atoms. The molecule has 0 radical (unpaired) electrons. The summed E-state index contributed by atoms with van der Waals surface area (Å²) in [5, 5.41) is 19.0. The average molecular weight is 488 g/mol. The zero-order valence-electron chi connectivity index (χ0n) is 16.2. The number of hydrogen-bond acceptors (Lipinski definition) is 6. The Morgan fingerprint density at radius 2 is 2.20 bits per heavy atom. The number of ether oxygens (including phenoxy) is 1. The molecule has 0 unspecified atom stereocenters. The highest BCUT2D eigenvalue weighted by Gasteiger charge is 2.38. The van der Waals surface area contributed by atoms with E-state index in [9.17, 15) is 9.90 Å². The maximum Gasteiger partial charge on any atom is 0.325 e. The average Bonchev–Trinajstić information content (AvgIpc) is 2.74. The van der Waals surface area contributed by atoms with Gasteiger partial charge in [0, 0.05) is 16.4 Å². The molecular weight excluding hydrogens is 468 g/mol. The second-order valence-corrected chi connectivity index (χ2v) is 8.39. The lowest BCUT2D eigenvalue weighted by molar-refractivity contribution is -0.759. The number of hydrogen-bond donors (Lipinski definition) is 3. The van der Waals surface area contributed by atoms with Gasteiger partial charge in [-0.3, -0.25) is 9.78 Å². The van der Waals surface area contributed by atoms with Crippen LogP contribution in [0.5, 0.6) is 11.5 Å². The topological polar surface area (TPSA) is 91.1 Å². The lowest BCUT2D eigenvalue weighted by Crippen LogP contribution is -2.55. The van der Waals surface area contributed by atoms with Gasteiger partial charge < -0.3 is 15.2 Å². The van der Waals surface area contributed by atoms with Crippen LogP contribution in [0.3, 0.4) is 0 Å². The first kappa shape index (κ1) is 20.5. The van der Waals surface area contributed by atoms with E-state index < -0.39 is 6.17 Å². The Morgan fingerprint density at radius 3 is 2.97 bits per heavy atom. The van der Waals surface area contributed by atoms with E-state index in [1.54, 1.807) is 22.9 Å². The van der Waals surface area contributed by atoms with Gasteiger partial charge in [-0.25, -0.2) is 0 Å². The van der Waals surface area contributed by atoms with Gasteiger partial charge in [-0.2, -0.15) is 0 Å². The van der Waals surface area contributed by atoms with Gasteiger partial charge in [-0.15, -0.1) is 6.58 Å². The Hall–Kier alpha value is -2.78. The number of aromatic nitrogens is 3. The fourth-order valence-electron chi connectivity index (χ4n) is 3.33. The van der Waals surface area contributed by atoms with Gasteiger partial charge in [-0.1, -0.05) is 30.0 Å². The van der Waals surface area contributed by atoms with Crippen LogP contribution in [-0.2, 0) is 0 Å². The van der Waals surface area contributed by atoms with Gasteiger partial charge in [-0.05, 0) is 51.8 Å². The number of phenols is 1. The fraction of sp³-hybridized carbons (Fsp3) is 0.190. The molecule has 1 aliphatic heterocycles. The number of anilines is 1. The summed E-state index contributed by atoms with van der Waals surface area (Å²) in [6.07, 6.45) is 1.28. The van der Waals surface area contributed by atoms with Gasteiger partial charge in [0.15, 0.2) is 11.5 Å². The van der Waals surface area contributed by atoms with E-state index in [1.807, 2.05) is 31.2 Å². The Bertz CT molecular complexity index is 1180. The van der Waals surface area contributed by atoms with Crippen molar-refractivity contribution in [3.05, 3.63) is 69.4 Å². The molecule has 0 saturated carbocycles. The highest BCUT2D eigenvalue weighted by molar-refractivity contribution is 9.10. The van der Waals surface area contributed by atoms with E-state index in [1.165, 1.54) is 11.8 Å². The molecule has 0 saturated heterocycles. The number of para-hydroxylation sites is 1. The van der Waals surface area contributed by atoms with Crippen LogP contribution in [0.4, 0.5) is 5.69 Å². The monoisotopic (exact) mass is 487 g/mol. The lowest BCUT2D eigenvalue weighted by atomic mass is 10.0. The molecule has 4 rings (SSSR count). The first-order valence-electron chi connectivity index (χ1n) is 9.34. The molecular formula is C21H20BrN4O3S+. The van der Waals surface area contributed by atoms with E-state index in [4.69, 9.17) is 9.84 Å². The summed E-state index contributed by atoms with van der Waals surface area (Å²) in [5.41, 5.74) is 2.61. The standard InChI is InChI=1S/C21H19BrN4O3S/c1-3-9-30-21-24-20(28)17-13-7-5-6-8-15(13)23-19(26(17)25-21)12-10-14(22)18(27)16(11-12)29-4-2/h3,5-8,10-11,19H,1,4,9H2,2H3,(H2,24,25,27,28)/p+1/t19-/m0/s1. The van der Waals surface area contributed by atoms with E-state index in [-0.39, 0.29) is 11.3 Å². The van der Waals surface area contributed by atoms with Crippen molar-refractivity contribution in [2.24, 2.45) is 0 Å². The summed E-state index contributed by atoms with van der Waals surface area (Å²) in [5.74, 6) is 1.01. The van der Waals surface area contributed by atoms with Crippen LogP contribution in [0.15, 0.2) is 63.5 Å². The first-order chi connectivity index (χ1) is 14.5. The molecule has 2 aromatic carbocycles. The zero-order chi connectivity index (χ0) is 21.3. The second-order valence-electron chi connectivity index (χ2n) is 6.53. The summed E-state index contributed by atoms with van der Waals surface area (Å²) >= 11 is 4.79. The van der Waals surface area contributed by atoms with Gasteiger partial charge >= 0.3 is 11.3 Å². The van der Waals surface area contributed by atoms with Crippen LogP contribution in [0, 0.1) is 0 Å². The predicted molar refractivity (Wildman–Crippen MR) is 120 cm³/mol. The first-order valence-corrected chi connectivity index (χ1v) is 11.1. The largest absolute Gasteiger partial charge is 0.503 e. The smallest absolute Gasteiger partial charge is 0.325 e. The summed E-state index contributed by atoms with van der Waals surface area (Å²) in [4.78, 5) is 15.9. The molecule has 0 aliphatic carbocycles. The van der Waals surface area contributed by atoms with Crippen molar-refractivity contribution < 1.29 is 14.5 Å². The molecule has 1 atom stereocenters. The van der Waals surface area contributed by atoms with Crippen molar-refractivity contribution in [1.29, 1.82) is 0 Å². The Labute approximate surface area is 185 Å². The van der Waals surface area contributed by atoms with Gasteiger partial charge in [0.2, 0.25) is 5.16 Å². The molecule has 0 spiro atoms. The van der Waals surface area contributed by atoms with Crippen molar-refractivity contribution in [3.8, 4) is 22.8 Å². The number of thioether (sulfide) groups is 1. The van der Waals surface area contributed by atoms with Crippen LogP contribution in [0.25, 0.3) is 11.3 Å². The third-order valence-electron chi connectivity index (χ3n) is 4.59. The summed E-state index contributed by atoms with van der Waals surface area (Å²) in [6.45, 7) is 5.98. The van der Waals surface area contributed by atoms with Crippen molar-refractivity contribution in [3.63, 3.8) is 0 Å². The summed E-state index contributed by atoms with van der Waals surface area (Å²) in [7, 11) is 0. The molecule has 9 heteroatoms. The van der Waals surface area contributed by atoms with Gasteiger partial charge in [0.25, 0.3) is 6.17 Å². The predicted octanol–water partition coefficient (Wildman–Crippen LogP) is 3.84. The van der Waals surface area contributed by atoms with Gasteiger partial charge in [0.1, 0.15) is 0 Å². The number of phenolic OH excluding ortho intramolecular Hbond substituents is 1. The number of nitrogens with zero attached hydrogens (tertiary/aromatic N) is 2. The Morgan fingerprint density at radius 1 is 1.40 bits per heavy atom. The molecule has 0 fully saturated rings. The third kappa shape index (κ3) is 3.70. The van der Waals surface area contributed by atoms with E-state index in [2.05, 4.69) is 32.8 Å². The van der Waals surface area contributed by atoms with Crippen molar-refractivity contribution in [2.45, 2.75) is 18.2 Å². The molecule has 1 aliphatic rings. The van der Waals surface area contributed by atoms with Crippen molar-refractivity contribution in [2.75, 3.05) is 17.7 Å². The third-order valence-corrected chi connectivity index (χ3v) is 6.05. The van der Waals surface area contributed by atoms with E-state index in [0.717, 1.165) is 16.8 Å². The molecule has 7 nitrogen and oxygen atoms in total. The zero-order valence-corrected chi connectivity index (χ0v) is 18.6. The molecule has 0 amide bonds.